The van der Waals surface area contributed by atoms with Crippen LogP contribution in [0.5, 0.6) is 0 Å². The molecule has 0 atom stereocenters. The molecule has 0 aromatic carbocycles. The number of piperazine rings is 1. The standard InChI is InChI=1S/C15H27N7O2/c1-5-17-14(18-10-12-19-11(2)20-24-12)21-6-8-22(9-7-21)15(3,4)13(16)23/h5-10H2,1-4H3,(H2,16,23)(H,17,18). The van der Waals surface area contributed by atoms with Gasteiger partial charge in [-0.15, -0.1) is 0 Å². The number of carbonyl (C=O) groups is 1. The minimum atomic E-state index is -0.636. The van der Waals surface area contributed by atoms with E-state index in [0.717, 1.165) is 38.7 Å². The highest BCUT2D eigenvalue weighted by molar-refractivity contribution is 5.84. The number of aromatic nitrogens is 2. The molecular formula is C15H27N7O2. The van der Waals surface area contributed by atoms with Crippen molar-refractivity contribution in [1.82, 2.24) is 25.3 Å². The van der Waals surface area contributed by atoms with E-state index in [0.29, 0.717) is 18.3 Å². The second-order valence-electron chi connectivity index (χ2n) is 6.30. The highest BCUT2D eigenvalue weighted by Crippen LogP contribution is 2.16. The number of guanidine groups is 1. The molecule has 2 heterocycles. The van der Waals surface area contributed by atoms with E-state index in [2.05, 4.69) is 30.2 Å². The van der Waals surface area contributed by atoms with E-state index in [9.17, 15) is 4.79 Å². The van der Waals surface area contributed by atoms with E-state index in [1.807, 2.05) is 20.8 Å². The average Bonchev–Trinajstić information content (AvgIpc) is 2.97. The Kier molecular flexibility index (Phi) is 5.76. The van der Waals surface area contributed by atoms with Gasteiger partial charge >= 0.3 is 0 Å². The summed E-state index contributed by atoms with van der Waals surface area (Å²) in [6.45, 7) is 11.7. The van der Waals surface area contributed by atoms with Crippen LogP contribution in [0.25, 0.3) is 0 Å². The maximum absolute atomic E-state index is 11.6. The highest BCUT2D eigenvalue weighted by atomic mass is 16.5. The van der Waals surface area contributed by atoms with Gasteiger partial charge in [0, 0.05) is 32.7 Å². The van der Waals surface area contributed by atoms with E-state index in [1.165, 1.54) is 0 Å². The molecule has 134 valence electrons. The van der Waals surface area contributed by atoms with Crippen molar-refractivity contribution in [2.24, 2.45) is 10.7 Å². The first kappa shape index (κ1) is 18.2. The first-order chi connectivity index (χ1) is 11.3. The van der Waals surface area contributed by atoms with E-state index < -0.39 is 5.54 Å². The number of hydrogen-bond acceptors (Lipinski definition) is 6. The topological polar surface area (TPSA) is 113 Å². The summed E-state index contributed by atoms with van der Waals surface area (Å²) >= 11 is 0. The molecule has 0 aliphatic carbocycles. The number of rotatable bonds is 5. The van der Waals surface area contributed by atoms with E-state index >= 15 is 0 Å². The molecule has 1 saturated heterocycles. The summed E-state index contributed by atoms with van der Waals surface area (Å²) in [5.74, 6) is 1.61. The van der Waals surface area contributed by atoms with Crippen LogP contribution in [-0.4, -0.2) is 70.1 Å². The summed E-state index contributed by atoms with van der Waals surface area (Å²) in [5.41, 5.74) is 4.87. The van der Waals surface area contributed by atoms with Crippen molar-refractivity contribution in [2.45, 2.75) is 39.8 Å². The number of amides is 1. The molecule has 0 bridgehead atoms. The zero-order chi connectivity index (χ0) is 17.7. The van der Waals surface area contributed by atoms with Crippen LogP contribution in [0.2, 0.25) is 0 Å². The van der Waals surface area contributed by atoms with Crippen LogP contribution >= 0.6 is 0 Å². The average molecular weight is 337 g/mol. The fraction of sp³-hybridized carbons (Fsp3) is 0.733. The zero-order valence-electron chi connectivity index (χ0n) is 14.9. The number of primary amides is 1. The molecule has 0 radical (unpaired) electrons. The minimum absolute atomic E-state index is 0.303. The summed E-state index contributed by atoms with van der Waals surface area (Å²) in [7, 11) is 0. The quantitative estimate of drug-likeness (QED) is 0.561. The number of hydrogen-bond donors (Lipinski definition) is 2. The lowest BCUT2D eigenvalue weighted by atomic mass is 10.0. The number of nitrogens with two attached hydrogens (primary N) is 1. The molecule has 3 N–H and O–H groups in total. The molecule has 24 heavy (non-hydrogen) atoms. The predicted octanol–water partition coefficient (Wildman–Crippen LogP) is -0.275. The zero-order valence-corrected chi connectivity index (χ0v) is 14.9. The molecule has 0 spiro atoms. The second kappa shape index (κ2) is 7.61. The number of carbonyl (C=O) groups excluding carboxylic acids is 1. The summed E-state index contributed by atoms with van der Waals surface area (Å²) in [4.78, 5) is 24.6. The Hall–Kier alpha value is -2.16. The lowest BCUT2D eigenvalue weighted by Crippen LogP contribution is -2.61. The van der Waals surface area contributed by atoms with Crippen LogP contribution in [0, 0.1) is 6.92 Å². The van der Waals surface area contributed by atoms with Crippen molar-refractivity contribution in [1.29, 1.82) is 0 Å². The number of nitrogens with zero attached hydrogens (tertiary/aromatic N) is 5. The lowest BCUT2D eigenvalue weighted by Gasteiger charge is -2.43. The summed E-state index contributed by atoms with van der Waals surface area (Å²) in [5, 5.41) is 7.05. The molecule has 1 aromatic rings. The van der Waals surface area contributed by atoms with Crippen LogP contribution in [0.3, 0.4) is 0 Å². The maximum Gasteiger partial charge on any atom is 0.248 e. The van der Waals surface area contributed by atoms with E-state index in [1.54, 1.807) is 6.92 Å². The third kappa shape index (κ3) is 4.22. The molecule has 1 amide bonds. The van der Waals surface area contributed by atoms with Crippen molar-refractivity contribution in [3.63, 3.8) is 0 Å². The monoisotopic (exact) mass is 337 g/mol. The largest absolute Gasteiger partial charge is 0.368 e. The molecule has 0 unspecified atom stereocenters. The SMILES string of the molecule is CCNC(=NCc1nc(C)no1)N1CCN(C(C)(C)C(N)=O)CC1. The van der Waals surface area contributed by atoms with Gasteiger partial charge in [-0.3, -0.25) is 9.69 Å². The normalized spacial score (nSPS) is 17.2. The Morgan fingerprint density at radius 3 is 2.54 bits per heavy atom. The molecule has 9 nitrogen and oxygen atoms in total. The van der Waals surface area contributed by atoms with Crippen molar-refractivity contribution in [2.75, 3.05) is 32.7 Å². The summed E-state index contributed by atoms with van der Waals surface area (Å²) in [6.07, 6.45) is 0. The molecule has 0 saturated carbocycles. The van der Waals surface area contributed by atoms with Crippen molar-refractivity contribution < 1.29 is 9.32 Å². The lowest BCUT2D eigenvalue weighted by molar-refractivity contribution is -0.129. The molecule has 1 aliphatic heterocycles. The van der Waals surface area contributed by atoms with Crippen LogP contribution in [0.15, 0.2) is 9.52 Å². The number of aryl methyl sites for hydroxylation is 1. The van der Waals surface area contributed by atoms with Gasteiger partial charge < -0.3 is 20.5 Å². The van der Waals surface area contributed by atoms with E-state index in [-0.39, 0.29) is 5.91 Å². The molecular weight excluding hydrogens is 310 g/mol. The van der Waals surface area contributed by atoms with Gasteiger partial charge in [0.15, 0.2) is 11.8 Å². The van der Waals surface area contributed by atoms with Gasteiger partial charge in [-0.25, -0.2) is 4.99 Å². The fourth-order valence-electron chi connectivity index (χ4n) is 2.61. The van der Waals surface area contributed by atoms with Gasteiger partial charge in [-0.05, 0) is 27.7 Å². The van der Waals surface area contributed by atoms with E-state index in [4.69, 9.17) is 10.3 Å². The van der Waals surface area contributed by atoms with Gasteiger partial charge in [-0.2, -0.15) is 4.98 Å². The first-order valence-corrected chi connectivity index (χ1v) is 8.22. The predicted molar refractivity (Wildman–Crippen MR) is 90.3 cm³/mol. The van der Waals surface area contributed by atoms with Crippen molar-refractivity contribution in [3.05, 3.63) is 11.7 Å². The Labute approximate surface area is 142 Å². The van der Waals surface area contributed by atoms with Crippen molar-refractivity contribution in [3.8, 4) is 0 Å². The second-order valence-corrected chi connectivity index (χ2v) is 6.30. The minimum Gasteiger partial charge on any atom is -0.368 e. The summed E-state index contributed by atoms with van der Waals surface area (Å²) < 4.78 is 5.09. The van der Waals surface area contributed by atoms with Crippen molar-refractivity contribution >= 4 is 11.9 Å². The molecule has 1 fully saturated rings. The van der Waals surface area contributed by atoms with Gasteiger partial charge in [0.25, 0.3) is 0 Å². The van der Waals surface area contributed by atoms with Crippen LogP contribution in [0.4, 0.5) is 0 Å². The molecule has 2 rings (SSSR count). The third-order valence-corrected chi connectivity index (χ3v) is 4.24. The summed E-state index contributed by atoms with van der Waals surface area (Å²) in [6, 6.07) is 0. The smallest absolute Gasteiger partial charge is 0.248 e. The molecule has 9 heteroatoms. The molecule has 1 aliphatic rings. The Morgan fingerprint density at radius 2 is 2.04 bits per heavy atom. The fourth-order valence-corrected chi connectivity index (χ4v) is 2.61. The van der Waals surface area contributed by atoms with Gasteiger partial charge in [0.05, 0.1) is 5.54 Å². The van der Waals surface area contributed by atoms with Crippen LogP contribution in [-0.2, 0) is 11.3 Å². The Balaban J connectivity index is 1.99. The first-order valence-electron chi connectivity index (χ1n) is 8.22. The Bertz CT molecular complexity index is 588. The number of aliphatic imine (C=N–C) groups is 1. The van der Waals surface area contributed by atoms with Gasteiger partial charge in [0.1, 0.15) is 6.54 Å². The Morgan fingerprint density at radius 1 is 1.38 bits per heavy atom. The van der Waals surface area contributed by atoms with Crippen LogP contribution < -0.4 is 11.1 Å². The maximum atomic E-state index is 11.6. The van der Waals surface area contributed by atoms with Crippen LogP contribution in [0.1, 0.15) is 32.5 Å². The third-order valence-electron chi connectivity index (χ3n) is 4.24. The molecule has 1 aromatic heterocycles. The highest BCUT2D eigenvalue weighted by Gasteiger charge is 2.35. The van der Waals surface area contributed by atoms with Gasteiger partial charge in [0.2, 0.25) is 11.8 Å². The number of nitrogens with one attached hydrogen (secondary N) is 1. The van der Waals surface area contributed by atoms with Gasteiger partial charge in [-0.1, -0.05) is 5.16 Å².